The van der Waals surface area contributed by atoms with Crippen molar-refractivity contribution in [2.24, 2.45) is 0 Å². The average Bonchev–Trinajstić information content (AvgIpc) is 3.49. The molecule has 2 aromatic heterocycles. The third-order valence-electron chi connectivity index (χ3n) is 5.90. The van der Waals surface area contributed by atoms with Gasteiger partial charge in [-0.1, -0.05) is 47.6 Å². The number of hydrogen-bond acceptors (Lipinski definition) is 5. The maximum atomic E-state index is 11.7. The van der Waals surface area contributed by atoms with Crippen LogP contribution in [0.4, 0.5) is 10.6 Å². The van der Waals surface area contributed by atoms with E-state index in [1.54, 1.807) is 0 Å². The molecule has 3 heterocycles. The monoisotopic (exact) mass is 428 g/mol. The SMILES string of the molecule is O=C(O)N[C@@H](Cc1cccc(N2CCCC2)n1)c1ccccc1-c1noc2ccccc12. The number of fused-ring (bicyclic) bond motifs is 1. The van der Waals surface area contributed by atoms with Gasteiger partial charge in [-0.25, -0.2) is 9.78 Å². The molecule has 0 aliphatic carbocycles. The van der Waals surface area contributed by atoms with Gasteiger partial charge in [0.2, 0.25) is 0 Å². The van der Waals surface area contributed by atoms with Crippen LogP contribution >= 0.6 is 0 Å². The fraction of sp³-hybridized carbons (Fsp3) is 0.240. The van der Waals surface area contributed by atoms with Crippen LogP contribution < -0.4 is 10.2 Å². The van der Waals surface area contributed by atoms with E-state index in [1.165, 1.54) is 12.8 Å². The number of nitrogens with zero attached hydrogens (tertiary/aromatic N) is 3. The van der Waals surface area contributed by atoms with E-state index in [4.69, 9.17) is 9.51 Å². The third-order valence-corrected chi connectivity index (χ3v) is 5.90. The van der Waals surface area contributed by atoms with Crippen LogP contribution in [0.3, 0.4) is 0 Å². The summed E-state index contributed by atoms with van der Waals surface area (Å²) in [6, 6.07) is 20.8. The Bertz CT molecular complexity index is 1250. The van der Waals surface area contributed by atoms with E-state index >= 15 is 0 Å². The summed E-state index contributed by atoms with van der Waals surface area (Å²) in [6.45, 7) is 2.02. The number of para-hydroxylation sites is 1. The van der Waals surface area contributed by atoms with Gasteiger partial charge in [0.1, 0.15) is 11.5 Å². The second kappa shape index (κ2) is 8.70. The average molecular weight is 428 g/mol. The van der Waals surface area contributed by atoms with Gasteiger partial charge in [-0.15, -0.1) is 0 Å². The minimum absolute atomic E-state index is 0.431. The summed E-state index contributed by atoms with van der Waals surface area (Å²) in [5.41, 5.74) is 3.91. The number of carbonyl (C=O) groups is 1. The maximum absolute atomic E-state index is 11.7. The minimum atomic E-state index is -1.08. The van der Waals surface area contributed by atoms with Crippen LogP contribution in [0.15, 0.2) is 71.3 Å². The molecule has 1 fully saturated rings. The Kier molecular flexibility index (Phi) is 5.46. The first-order valence-electron chi connectivity index (χ1n) is 10.8. The molecule has 1 amide bonds. The van der Waals surface area contributed by atoms with E-state index < -0.39 is 12.1 Å². The van der Waals surface area contributed by atoms with Crippen molar-refractivity contribution in [1.29, 1.82) is 0 Å². The van der Waals surface area contributed by atoms with E-state index in [1.807, 2.05) is 66.7 Å². The number of benzene rings is 2. The third kappa shape index (κ3) is 4.01. The van der Waals surface area contributed by atoms with Crippen molar-refractivity contribution in [2.75, 3.05) is 18.0 Å². The zero-order valence-electron chi connectivity index (χ0n) is 17.6. The Morgan fingerprint density at radius 3 is 2.66 bits per heavy atom. The van der Waals surface area contributed by atoms with Crippen molar-refractivity contribution in [1.82, 2.24) is 15.5 Å². The zero-order chi connectivity index (χ0) is 21.9. The van der Waals surface area contributed by atoms with Gasteiger partial charge in [-0.05, 0) is 42.7 Å². The van der Waals surface area contributed by atoms with Crippen LogP contribution in [-0.2, 0) is 6.42 Å². The molecule has 1 atom stereocenters. The molecule has 7 nitrogen and oxygen atoms in total. The Morgan fingerprint density at radius 1 is 1.03 bits per heavy atom. The van der Waals surface area contributed by atoms with Crippen LogP contribution in [0.25, 0.3) is 22.2 Å². The van der Waals surface area contributed by atoms with Crippen LogP contribution in [0.1, 0.15) is 30.1 Å². The predicted molar refractivity (Wildman–Crippen MR) is 123 cm³/mol. The highest BCUT2D eigenvalue weighted by molar-refractivity contribution is 5.92. The van der Waals surface area contributed by atoms with Gasteiger partial charge in [-0.2, -0.15) is 0 Å². The molecule has 1 saturated heterocycles. The molecule has 0 spiro atoms. The van der Waals surface area contributed by atoms with Crippen molar-refractivity contribution in [3.63, 3.8) is 0 Å². The van der Waals surface area contributed by atoms with Gasteiger partial charge >= 0.3 is 6.09 Å². The highest BCUT2D eigenvalue weighted by atomic mass is 16.5. The van der Waals surface area contributed by atoms with Crippen molar-refractivity contribution in [3.05, 3.63) is 78.0 Å². The van der Waals surface area contributed by atoms with Gasteiger partial charge in [-0.3, -0.25) is 0 Å². The van der Waals surface area contributed by atoms with E-state index in [0.717, 1.165) is 41.1 Å². The Balaban J connectivity index is 1.52. The smallest absolute Gasteiger partial charge is 0.405 e. The number of pyridine rings is 1. The number of anilines is 1. The molecule has 0 unspecified atom stereocenters. The number of aromatic nitrogens is 2. The summed E-state index contributed by atoms with van der Waals surface area (Å²) in [5, 5.41) is 17.4. The first-order chi connectivity index (χ1) is 15.7. The van der Waals surface area contributed by atoms with Crippen LogP contribution in [-0.4, -0.2) is 34.4 Å². The van der Waals surface area contributed by atoms with Gasteiger partial charge in [0.15, 0.2) is 5.58 Å². The molecule has 0 bridgehead atoms. The summed E-state index contributed by atoms with van der Waals surface area (Å²) >= 11 is 0. The molecule has 2 aromatic carbocycles. The maximum Gasteiger partial charge on any atom is 0.405 e. The second-order valence-corrected chi connectivity index (χ2v) is 8.00. The molecule has 1 aliphatic heterocycles. The predicted octanol–water partition coefficient (Wildman–Crippen LogP) is 5.04. The molecule has 4 aromatic rings. The largest absolute Gasteiger partial charge is 0.465 e. The molecular weight excluding hydrogens is 404 g/mol. The highest BCUT2D eigenvalue weighted by Crippen LogP contribution is 2.34. The summed E-state index contributed by atoms with van der Waals surface area (Å²) < 4.78 is 5.51. The van der Waals surface area contributed by atoms with Gasteiger partial charge in [0.25, 0.3) is 0 Å². The summed E-state index contributed by atoms with van der Waals surface area (Å²) in [5.74, 6) is 0.949. The van der Waals surface area contributed by atoms with E-state index in [9.17, 15) is 9.90 Å². The quantitative estimate of drug-likeness (QED) is 0.447. The first-order valence-corrected chi connectivity index (χ1v) is 10.8. The van der Waals surface area contributed by atoms with Crippen LogP contribution in [0.2, 0.25) is 0 Å². The van der Waals surface area contributed by atoms with E-state index in [-0.39, 0.29) is 0 Å². The second-order valence-electron chi connectivity index (χ2n) is 8.00. The zero-order valence-corrected chi connectivity index (χ0v) is 17.6. The molecule has 0 radical (unpaired) electrons. The molecule has 162 valence electrons. The molecule has 0 saturated carbocycles. The van der Waals surface area contributed by atoms with Crippen molar-refractivity contribution >= 4 is 22.9 Å². The molecule has 1 aliphatic rings. The Labute approximate surface area is 185 Å². The van der Waals surface area contributed by atoms with Gasteiger partial charge in [0, 0.05) is 36.2 Å². The lowest BCUT2D eigenvalue weighted by Gasteiger charge is -2.21. The molecule has 7 heteroatoms. The normalized spacial score (nSPS) is 14.6. The summed E-state index contributed by atoms with van der Waals surface area (Å²) in [7, 11) is 0. The molecule has 32 heavy (non-hydrogen) atoms. The van der Waals surface area contributed by atoms with Crippen LogP contribution in [0, 0.1) is 0 Å². The Morgan fingerprint density at radius 2 is 1.81 bits per heavy atom. The summed E-state index contributed by atoms with van der Waals surface area (Å²) in [4.78, 5) is 18.8. The van der Waals surface area contributed by atoms with Crippen molar-refractivity contribution in [3.8, 4) is 11.3 Å². The topological polar surface area (TPSA) is 91.5 Å². The van der Waals surface area contributed by atoms with E-state index in [2.05, 4.69) is 15.4 Å². The molecule has 2 N–H and O–H groups in total. The lowest BCUT2D eigenvalue weighted by atomic mass is 9.93. The lowest BCUT2D eigenvalue weighted by molar-refractivity contribution is 0.190. The summed E-state index contributed by atoms with van der Waals surface area (Å²) in [6.07, 6.45) is 1.70. The molecule has 5 rings (SSSR count). The standard InChI is InChI=1S/C25H24N4O3/c30-25(31)27-21(16-17-8-7-13-23(26-17)29-14-5-6-15-29)18-9-1-2-10-19(18)24-20-11-3-4-12-22(20)32-28-24/h1-4,7-13,21,27H,5-6,14-16H2,(H,30,31)/t21-/m0/s1. The Hall–Kier alpha value is -3.87. The highest BCUT2D eigenvalue weighted by Gasteiger charge is 2.23. The number of nitrogens with one attached hydrogen (secondary N) is 1. The fourth-order valence-electron chi connectivity index (χ4n) is 4.40. The van der Waals surface area contributed by atoms with Gasteiger partial charge in [0.05, 0.1) is 6.04 Å². The van der Waals surface area contributed by atoms with Crippen molar-refractivity contribution < 1.29 is 14.4 Å². The van der Waals surface area contributed by atoms with E-state index in [0.29, 0.717) is 17.7 Å². The minimum Gasteiger partial charge on any atom is -0.465 e. The number of hydrogen-bond donors (Lipinski definition) is 2. The lowest BCUT2D eigenvalue weighted by Crippen LogP contribution is -2.29. The number of amides is 1. The van der Waals surface area contributed by atoms with Crippen LogP contribution in [0.5, 0.6) is 0 Å². The van der Waals surface area contributed by atoms with Gasteiger partial charge < -0.3 is 19.8 Å². The number of rotatable bonds is 6. The first kappa shape index (κ1) is 20.1. The van der Waals surface area contributed by atoms with Crippen molar-refractivity contribution in [2.45, 2.75) is 25.3 Å². The fourth-order valence-corrected chi connectivity index (χ4v) is 4.40. The molecular formula is C25H24N4O3. The number of carboxylic acid groups (broad SMARTS) is 1.